The minimum Gasteiger partial charge on any atom is -0.325 e. The van der Waals surface area contributed by atoms with Crippen LogP contribution in [0.2, 0.25) is 5.02 Å². The Morgan fingerprint density at radius 1 is 1.07 bits per heavy atom. The maximum atomic E-state index is 12.2. The van der Waals surface area contributed by atoms with Crippen LogP contribution in [-0.4, -0.2) is 35.8 Å². The van der Waals surface area contributed by atoms with E-state index in [1.165, 1.54) is 11.8 Å². The van der Waals surface area contributed by atoms with Gasteiger partial charge in [0.1, 0.15) is 0 Å². The van der Waals surface area contributed by atoms with Crippen LogP contribution < -0.4 is 15.5 Å². The van der Waals surface area contributed by atoms with Crippen LogP contribution in [0, 0.1) is 6.92 Å². The van der Waals surface area contributed by atoms with Gasteiger partial charge in [-0.05, 0) is 43.7 Å². The van der Waals surface area contributed by atoms with Crippen molar-refractivity contribution in [3.8, 4) is 0 Å². The molecule has 2 N–H and O–H groups in total. The number of carbonyl (C=O) groups excluding carboxylic acids is 3. The van der Waals surface area contributed by atoms with E-state index in [1.807, 2.05) is 31.2 Å². The summed E-state index contributed by atoms with van der Waals surface area (Å²) in [4.78, 5) is 37.8. The average Bonchev–Trinajstić information content (AvgIpc) is 3.11. The van der Waals surface area contributed by atoms with Crippen LogP contribution in [0.4, 0.5) is 17.1 Å². The molecule has 6 nitrogen and oxygen atoms in total. The van der Waals surface area contributed by atoms with Crippen molar-refractivity contribution >= 4 is 58.1 Å². The fourth-order valence-corrected chi connectivity index (χ4v) is 3.74. The highest BCUT2D eigenvalue weighted by molar-refractivity contribution is 8.00. The Labute approximate surface area is 179 Å². The molecule has 0 radical (unpaired) electrons. The molecule has 0 saturated carbocycles. The highest BCUT2D eigenvalue weighted by atomic mass is 35.5. The second-order valence-electron chi connectivity index (χ2n) is 6.77. The van der Waals surface area contributed by atoms with Gasteiger partial charge < -0.3 is 15.5 Å². The molecule has 8 heteroatoms. The number of nitrogens with one attached hydrogen (secondary N) is 2. The number of hydrogen-bond acceptors (Lipinski definition) is 4. The van der Waals surface area contributed by atoms with Gasteiger partial charge in [-0.3, -0.25) is 14.4 Å². The number of benzene rings is 2. The molecular weight excluding hydrogens is 410 g/mol. The first-order valence-electron chi connectivity index (χ1n) is 9.26. The van der Waals surface area contributed by atoms with Crippen LogP contribution in [0.5, 0.6) is 0 Å². The van der Waals surface area contributed by atoms with Crippen LogP contribution >= 0.6 is 23.4 Å². The van der Waals surface area contributed by atoms with Crippen LogP contribution in [0.15, 0.2) is 42.5 Å². The van der Waals surface area contributed by atoms with E-state index in [4.69, 9.17) is 11.6 Å². The van der Waals surface area contributed by atoms with Crippen molar-refractivity contribution in [1.29, 1.82) is 0 Å². The molecule has 3 amide bonds. The number of amides is 3. The van der Waals surface area contributed by atoms with Crippen molar-refractivity contribution < 1.29 is 14.4 Å². The predicted molar refractivity (Wildman–Crippen MR) is 119 cm³/mol. The molecule has 1 aliphatic rings. The summed E-state index contributed by atoms with van der Waals surface area (Å²) >= 11 is 7.40. The van der Waals surface area contributed by atoms with Crippen molar-refractivity contribution in [2.24, 2.45) is 0 Å². The lowest BCUT2D eigenvalue weighted by atomic mass is 10.2. The summed E-state index contributed by atoms with van der Waals surface area (Å²) in [6, 6.07) is 12.7. The van der Waals surface area contributed by atoms with E-state index in [-0.39, 0.29) is 29.2 Å². The Bertz CT molecular complexity index is 918. The number of halogens is 1. The van der Waals surface area contributed by atoms with Crippen molar-refractivity contribution in [3.63, 3.8) is 0 Å². The molecule has 29 heavy (non-hydrogen) atoms. The smallest absolute Gasteiger partial charge is 0.234 e. The van der Waals surface area contributed by atoms with Crippen molar-refractivity contribution in [1.82, 2.24) is 0 Å². The van der Waals surface area contributed by atoms with Crippen LogP contribution in [-0.2, 0) is 14.4 Å². The maximum absolute atomic E-state index is 12.2. The molecule has 152 valence electrons. The fraction of sp³-hybridized carbons (Fsp3) is 0.286. The average molecular weight is 432 g/mol. The standard InChI is InChI=1S/C21H22ClN3O3S/c1-14-4-6-15(7-5-14)23-19(26)12-29-13-20(27)24-18-11-16(8-9-17(18)22)25-10-2-3-21(25)28/h4-9,11H,2-3,10,12-13H2,1H3,(H,23,26)(H,24,27). The van der Waals surface area contributed by atoms with Crippen molar-refractivity contribution in [3.05, 3.63) is 53.1 Å². The molecule has 0 aliphatic carbocycles. The van der Waals surface area contributed by atoms with Gasteiger partial charge >= 0.3 is 0 Å². The number of anilines is 3. The van der Waals surface area contributed by atoms with Crippen LogP contribution in [0.3, 0.4) is 0 Å². The first kappa shape index (κ1) is 21.2. The highest BCUT2D eigenvalue weighted by Crippen LogP contribution is 2.30. The van der Waals surface area contributed by atoms with Gasteiger partial charge in [-0.15, -0.1) is 11.8 Å². The Hall–Kier alpha value is -2.51. The summed E-state index contributed by atoms with van der Waals surface area (Å²) < 4.78 is 0. The van der Waals surface area contributed by atoms with E-state index < -0.39 is 0 Å². The number of aryl methyl sites for hydroxylation is 1. The van der Waals surface area contributed by atoms with Gasteiger partial charge in [0.15, 0.2) is 0 Å². The lowest BCUT2D eigenvalue weighted by Gasteiger charge is -2.17. The van der Waals surface area contributed by atoms with Gasteiger partial charge in [0.05, 0.1) is 22.2 Å². The second kappa shape index (κ2) is 9.80. The minimum atomic E-state index is -0.259. The number of carbonyl (C=O) groups is 3. The largest absolute Gasteiger partial charge is 0.325 e. The molecule has 0 atom stereocenters. The summed E-state index contributed by atoms with van der Waals surface area (Å²) in [7, 11) is 0. The summed E-state index contributed by atoms with van der Waals surface area (Å²) in [5, 5.41) is 5.95. The molecule has 2 aromatic carbocycles. The Kier molecular flexibility index (Phi) is 7.17. The van der Waals surface area contributed by atoms with Gasteiger partial charge in [0.25, 0.3) is 0 Å². The lowest BCUT2D eigenvalue weighted by molar-refractivity contribution is -0.117. The zero-order valence-corrected chi connectivity index (χ0v) is 17.6. The molecule has 1 aliphatic heterocycles. The van der Waals surface area contributed by atoms with E-state index in [0.717, 1.165) is 23.4 Å². The summed E-state index contributed by atoms with van der Waals surface area (Å²) in [5.74, 6) is -0.0779. The van der Waals surface area contributed by atoms with Gasteiger partial charge in [0.2, 0.25) is 17.7 Å². The van der Waals surface area contributed by atoms with Crippen molar-refractivity contribution in [2.45, 2.75) is 19.8 Å². The van der Waals surface area contributed by atoms with Crippen molar-refractivity contribution in [2.75, 3.05) is 33.6 Å². The van der Waals surface area contributed by atoms with Gasteiger partial charge in [0, 0.05) is 24.3 Å². The number of hydrogen-bond donors (Lipinski definition) is 2. The molecule has 0 unspecified atom stereocenters. The number of nitrogens with zero attached hydrogens (tertiary/aromatic N) is 1. The Morgan fingerprint density at radius 2 is 1.76 bits per heavy atom. The minimum absolute atomic E-state index is 0.0692. The molecule has 0 bridgehead atoms. The van der Waals surface area contributed by atoms with E-state index in [9.17, 15) is 14.4 Å². The Balaban J connectivity index is 1.48. The quantitative estimate of drug-likeness (QED) is 0.692. The zero-order chi connectivity index (χ0) is 20.8. The molecule has 2 aromatic rings. The number of thioether (sulfide) groups is 1. The first-order valence-corrected chi connectivity index (χ1v) is 10.8. The van der Waals surface area contributed by atoms with E-state index in [1.54, 1.807) is 23.1 Å². The molecule has 1 saturated heterocycles. The third-order valence-corrected chi connectivity index (χ3v) is 5.67. The summed E-state index contributed by atoms with van der Waals surface area (Å²) in [6.45, 7) is 2.64. The van der Waals surface area contributed by atoms with E-state index in [2.05, 4.69) is 10.6 Å². The highest BCUT2D eigenvalue weighted by Gasteiger charge is 2.22. The van der Waals surface area contributed by atoms with Crippen LogP contribution in [0.1, 0.15) is 18.4 Å². The van der Waals surface area contributed by atoms with Gasteiger partial charge in [-0.25, -0.2) is 0 Å². The molecular formula is C21H22ClN3O3S. The molecule has 0 aromatic heterocycles. The van der Waals surface area contributed by atoms with E-state index >= 15 is 0 Å². The predicted octanol–water partition coefficient (Wildman–Crippen LogP) is 4.09. The molecule has 1 fully saturated rings. The molecule has 0 spiro atoms. The second-order valence-corrected chi connectivity index (χ2v) is 8.16. The maximum Gasteiger partial charge on any atom is 0.234 e. The van der Waals surface area contributed by atoms with E-state index in [0.29, 0.717) is 23.7 Å². The summed E-state index contributed by atoms with van der Waals surface area (Å²) in [5.41, 5.74) is 3.02. The van der Waals surface area contributed by atoms with Gasteiger partial charge in [-0.2, -0.15) is 0 Å². The van der Waals surface area contributed by atoms with Gasteiger partial charge in [-0.1, -0.05) is 29.3 Å². The molecule has 3 rings (SSSR count). The fourth-order valence-electron chi connectivity index (χ4n) is 2.95. The third-order valence-electron chi connectivity index (χ3n) is 4.41. The normalized spacial score (nSPS) is 13.4. The first-order chi connectivity index (χ1) is 13.9. The Morgan fingerprint density at radius 3 is 2.41 bits per heavy atom. The third kappa shape index (κ3) is 5.98. The topological polar surface area (TPSA) is 78.5 Å². The lowest BCUT2D eigenvalue weighted by Crippen LogP contribution is -2.24. The summed E-state index contributed by atoms with van der Waals surface area (Å²) in [6.07, 6.45) is 1.36. The SMILES string of the molecule is Cc1ccc(NC(=O)CSCC(=O)Nc2cc(N3CCCC3=O)ccc2Cl)cc1. The molecule has 1 heterocycles. The zero-order valence-electron chi connectivity index (χ0n) is 16.0. The van der Waals surface area contributed by atoms with Crippen LogP contribution in [0.25, 0.3) is 0 Å². The number of rotatable bonds is 7. The monoisotopic (exact) mass is 431 g/mol.